The fraction of sp³-hybridized carbons (Fsp3) is 0.632. The molecule has 5 rings (SSSR count). The summed E-state index contributed by atoms with van der Waals surface area (Å²) in [6.45, 7) is 0. The Balaban J connectivity index is 1.34. The highest BCUT2D eigenvalue weighted by atomic mass is 79.9. The molecule has 2 nitrogen and oxygen atoms in total. The number of thioether (sulfide) groups is 1. The number of hydrogen-bond acceptors (Lipinski definition) is 2. The molecule has 4 saturated carbocycles. The summed E-state index contributed by atoms with van der Waals surface area (Å²) in [5.74, 6) is 1.90. The highest BCUT2D eigenvalue weighted by Gasteiger charge is 2.49. The van der Waals surface area contributed by atoms with E-state index < -0.39 is 0 Å². The highest BCUT2D eigenvalue weighted by Crippen LogP contribution is 2.54. The fourth-order valence-corrected chi connectivity index (χ4v) is 5.64. The molecule has 0 atom stereocenters. The van der Waals surface area contributed by atoms with E-state index >= 15 is 0 Å². The van der Waals surface area contributed by atoms with Crippen molar-refractivity contribution in [2.75, 3.05) is 5.75 Å². The Labute approximate surface area is 151 Å². The number of halogens is 1. The van der Waals surface area contributed by atoms with Crippen LogP contribution in [-0.4, -0.2) is 17.2 Å². The summed E-state index contributed by atoms with van der Waals surface area (Å²) in [7, 11) is 0. The molecule has 0 spiro atoms. The molecule has 1 aromatic rings. The van der Waals surface area contributed by atoms with Crippen molar-refractivity contribution < 1.29 is 4.79 Å². The summed E-state index contributed by atoms with van der Waals surface area (Å²) in [5, 5.41) is 3.43. The monoisotopic (exact) mass is 393 g/mol. The molecule has 2 bridgehead atoms. The number of hydrogen-bond donors (Lipinski definition) is 1. The fourth-order valence-electron chi connectivity index (χ4n) is 4.14. The van der Waals surface area contributed by atoms with Crippen LogP contribution in [0.5, 0.6) is 0 Å². The van der Waals surface area contributed by atoms with Gasteiger partial charge in [0.2, 0.25) is 5.91 Å². The van der Waals surface area contributed by atoms with Gasteiger partial charge in [-0.25, -0.2) is 0 Å². The van der Waals surface area contributed by atoms with Crippen LogP contribution < -0.4 is 5.32 Å². The molecule has 0 radical (unpaired) electrons. The molecule has 4 heteroatoms. The van der Waals surface area contributed by atoms with E-state index in [2.05, 4.69) is 45.5 Å². The first-order valence-electron chi connectivity index (χ1n) is 8.79. The minimum Gasteiger partial charge on any atom is -0.350 e. The molecule has 1 aromatic carbocycles. The van der Waals surface area contributed by atoms with Crippen LogP contribution in [0.2, 0.25) is 0 Å². The summed E-state index contributed by atoms with van der Waals surface area (Å²) in [5.41, 5.74) is 0.646. The van der Waals surface area contributed by atoms with Crippen molar-refractivity contribution in [2.45, 2.75) is 61.8 Å². The van der Waals surface area contributed by atoms with Crippen LogP contribution in [0.3, 0.4) is 0 Å². The Morgan fingerprint density at radius 3 is 2.26 bits per heavy atom. The lowest BCUT2D eigenvalue weighted by Gasteiger charge is -2.53. The Kier molecular flexibility index (Phi) is 4.25. The molecule has 0 aliphatic heterocycles. The quantitative estimate of drug-likeness (QED) is 0.699. The normalized spacial score (nSPS) is 32.7. The van der Waals surface area contributed by atoms with Gasteiger partial charge < -0.3 is 5.32 Å². The maximum atomic E-state index is 12.2. The number of fused-ring (bicyclic) bond motifs is 3. The van der Waals surface area contributed by atoms with Crippen LogP contribution in [0.15, 0.2) is 33.6 Å². The minimum atomic E-state index is 0.143. The lowest BCUT2D eigenvalue weighted by atomic mass is 9.58. The van der Waals surface area contributed by atoms with Gasteiger partial charge in [0.05, 0.1) is 0 Å². The first-order valence-corrected chi connectivity index (χ1v) is 10.6. The van der Waals surface area contributed by atoms with E-state index in [0.29, 0.717) is 17.2 Å². The number of nitrogens with one attached hydrogen (secondary N) is 1. The van der Waals surface area contributed by atoms with Crippen LogP contribution in [0.4, 0.5) is 0 Å². The molecule has 0 aromatic heterocycles. The Hall–Kier alpha value is -0.480. The Morgan fingerprint density at radius 1 is 1.09 bits per heavy atom. The van der Waals surface area contributed by atoms with Crippen LogP contribution in [0, 0.1) is 11.3 Å². The van der Waals surface area contributed by atoms with Crippen molar-refractivity contribution in [3.05, 3.63) is 28.7 Å². The predicted molar refractivity (Wildman–Crippen MR) is 98.6 cm³/mol. The second kappa shape index (κ2) is 6.11. The molecule has 0 unspecified atom stereocenters. The maximum absolute atomic E-state index is 12.2. The first-order chi connectivity index (χ1) is 11.1. The van der Waals surface area contributed by atoms with E-state index in [-0.39, 0.29) is 5.54 Å². The van der Waals surface area contributed by atoms with Crippen molar-refractivity contribution in [1.82, 2.24) is 5.32 Å². The van der Waals surface area contributed by atoms with Crippen molar-refractivity contribution in [3.8, 4) is 0 Å². The van der Waals surface area contributed by atoms with Crippen molar-refractivity contribution in [2.24, 2.45) is 11.3 Å². The number of carbonyl (C=O) groups is 1. The van der Waals surface area contributed by atoms with E-state index in [1.54, 1.807) is 0 Å². The molecule has 1 N–H and O–H groups in total. The van der Waals surface area contributed by atoms with Crippen molar-refractivity contribution in [3.63, 3.8) is 0 Å². The predicted octanol–water partition coefficient (Wildman–Crippen LogP) is 5.16. The molecular weight excluding hydrogens is 370 g/mol. The third kappa shape index (κ3) is 3.48. The summed E-state index contributed by atoms with van der Waals surface area (Å²) in [6, 6.07) is 8.66. The average Bonchev–Trinajstić information content (AvgIpc) is 3.41. The summed E-state index contributed by atoms with van der Waals surface area (Å²) < 4.78 is 1.14. The van der Waals surface area contributed by atoms with Gasteiger partial charge in [-0.3, -0.25) is 4.79 Å². The van der Waals surface area contributed by atoms with E-state index in [4.69, 9.17) is 0 Å². The van der Waals surface area contributed by atoms with Gasteiger partial charge in [0.15, 0.2) is 0 Å². The smallest absolute Gasteiger partial charge is 0.223 e. The van der Waals surface area contributed by atoms with Gasteiger partial charge in [-0.2, -0.15) is 0 Å². The van der Waals surface area contributed by atoms with E-state index in [0.717, 1.165) is 17.3 Å². The summed E-state index contributed by atoms with van der Waals surface area (Å²) in [6.07, 6.45) is 9.61. The van der Waals surface area contributed by atoms with E-state index in [1.165, 1.54) is 49.2 Å². The van der Waals surface area contributed by atoms with Crippen LogP contribution in [0.1, 0.15) is 51.4 Å². The minimum absolute atomic E-state index is 0.143. The van der Waals surface area contributed by atoms with Gasteiger partial charge in [-0.1, -0.05) is 15.9 Å². The van der Waals surface area contributed by atoms with Gasteiger partial charge in [-0.15, -0.1) is 11.8 Å². The number of benzene rings is 1. The van der Waals surface area contributed by atoms with Crippen molar-refractivity contribution >= 4 is 33.6 Å². The Morgan fingerprint density at radius 2 is 1.70 bits per heavy atom. The van der Waals surface area contributed by atoms with Crippen LogP contribution in [0.25, 0.3) is 0 Å². The molecule has 124 valence electrons. The van der Waals surface area contributed by atoms with Crippen LogP contribution in [-0.2, 0) is 4.79 Å². The number of rotatable bonds is 5. The second-order valence-electron chi connectivity index (χ2n) is 7.79. The molecule has 0 saturated heterocycles. The number of carbonyl (C=O) groups excluding carboxylic acids is 1. The first kappa shape index (κ1) is 16.0. The number of amides is 1. The summed E-state index contributed by atoms with van der Waals surface area (Å²) >= 11 is 5.50. The second-order valence-corrected chi connectivity index (χ2v) is 9.75. The zero-order valence-corrected chi connectivity index (χ0v) is 15.8. The molecule has 4 aliphatic rings. The largest absolute Gasteiger partial charge is 0.350 e. The zero-order valence-electron chi connectivity index (χ0n) is 13.4. The molecule has 4 aliphatic carbocycles. The molecule has 4 fully saturated rings. The van der Waals surface area contributed by atoms with Gasteiger partial charge >= 0.3 is 0 Å². The lowest BCUT2D eigenvalue weighted by molar-refractivity contribution is -0.126. The average molecular weight is 394 g/mol. The molecule has 1 amide bonds. The summed E-state index contributed by atoms with van der Waals surface area (Å²) in [4.78, 5) is 13.5. The van der Waals surface area contributed by atoms with E-state index in [9.17, 15) is 4.79 Å². The molecule has 0 heterocycles. The van der Waals surface area contributed by atoms with Crippen LogP contribution >= 0.6 is 27.7 Å². The standard InChI is InChI=1S/C19H24BrNOS/c20-15-3-5-16(6-4-15)23-13-18-7-10-19(11-8-18,12-9-18)21-17(22)14-1-2-14/h3-6,14H,1-2,7-13H2,(H,21,22). The van der Waals surface area contributed by atoms with Gasteiger partial charge in [0.25, 0.3) is 0 Å². The Bertz CT molecular complexity index is 571. The lowest BCUT2D eigenvalue weighted by Crippen LogP contribution is -2.57. The third-order valence-electron chi connectivity index (χ3n) is 6.10. The topological polar surface area (TPSA) is 29.1 Å². The van der Waals surface area contributed by atoms with Gasteiger partial charge in [0.1, 0.15) is 0 Å². The van der Waals surface area contributed by atoms with Gasteiger partial charge in [0, 0.05) is 26.6 Å². The zero-order chi connectivity index (χ0) is 15.9. The maximum Gasteiger partial charge on any atom is 0.223 e. The molecule has 23 heavy (non-hydrogen) atoms. The van der Waals surface area contributed by atoms with Crippen molar-refractivity contribution in [1.29, 1.82) is 0 Å². The SMILES string of the molecule is O=C(NC12CCC(CSc3ccc(Br)cc3)(CC1)CC2)C1CC1. The third-order valence-corrected chi connectivity index (χ3v) is 7.99. The molecular formula is C19H24BrNOS. The van der Waals surface area contributed by atoms with E-state index in [1.807, 2.05) is 11.8 Å². The van der Waals surface area contributed by atoms with Gasteiger partial charge in [-0.05, 0) is 81.0 Å². The highest BCUT2D eigenvalue weighted by molar-refractivity contribution is 9.10.